The van der Waals surface area contributed by atoms with Gasteiger partial charge in [0.2, 0.25) is 0 Å². The number of hydrogen-bond acceptors (Lipinski definition) is 4. The standard InChI is InChI=1S/C13H15F3N2O3/c1-4-21-12(8(2)3)17-9-5-6-11(18(19)20)10(7-9)13(14,15)16/h5-8H,4H2,1-3H3/b17-12-. The summed E-state index contributed by atoms with van der Waals surface area (Å²) in [6, 6.07) is 2.61. The maximum absolute atomic E-state index is 12.8. The van der Waals surface area contributed by atoms with E-state index in [1.165, 1.54) is 0 Å². The number of nitro groups is 1. The van der Waals surface area contributed by atoms with Crippen LogP contribution in [0.15, 0.2) is 23.2 Å². The molecule has 0 unspecified atom stereocenters. The number of ether oxygens (including phenoxy) is 1. The molecule has 0 amide bonds. The molecular weight excluding hydrogens is 289 g/mol. The van der Waals surface area contributed by atoms with Gasteiger partial charge in [-0.05, 0) is 19.1 Å². The van der Waals surface area contributed by atoms with Crippen molar-refractivity contribution >= 4 is 17.3 Å². The van der Waals surface area contributed by atoms with E-state index in [4.69, 9.17) is 4.74 Å². The minimum Gasteiger partial charge on any atom is -0.481 e. The zero-order valence-corrected chi connectivity index (χ0v) is 11.8. The lowest BCUT2D eigenvalue weighted by Crippen LogP contribution is -2.12. The second-order valence-corrected chi connectivity index (χ2v) is 4.49. The van der Waals surface area contributed by atoms with Gasteiger partial charge >= 0.3 is 6.18 Å². The quantitative estimate of drug-likeness (QED) is 0.360. The first-order valence-corrected chi connectivity index (χ1v) is 6.23. The van der Waals surface area contributed by atoms with Crippen LogP contribution in [0.4, 0.5) is 24.5 Å². The summed E-state index contributed by atoms with van der Waals surface area (Å²) in [5.74, 6) is 0.161. The van der Waals surface area contributed by atoms with Crippen molar-refractivity contribution in [2.45, 2.75) is 26.9 Å². The highest BCUT2D eigenvalue weighted by Crippen LogP contribution is 2.38. The van der Waals surface area contributed by atoms with E-state index < -0.39 is 22.4 Å². The van der Waals surface area contributed by atoms with E-state index in [1.54, 1.807) is 20.8 Å². The summed E-state index contributed by atoms with van der Waals surface area (Å²) in [5, 5.41) is 10.7. The Morgan fingerprint density at radius 2 is 2.05 bits per heavy atom. The lowest BCUT2D eigenvalue weighted by Gasteiger charge is -2.12. The minimum absolute atomic E-state index is 0.0370. The van der Waals surface area contributed by atoms with Crippen molar-refractivity contribution in [1.29, 1.82) is 0 Å². The molecule has 0 aliphatic rings. The number of nitrogens with zero attached hydrogens (tertiary/aromatic N) is 2. The van der Waals surface area contributed by atoms with Gasteiger partial charge in [-0.15, -0.1) is 0 Å². The fourth-order valence-electron chi connectivity index (χ4n) is 1.58. The van der Waals surface area contributed by atoms with Crippen LogP contribution in [0.3, 0.4) is 0 Å². The number of hydrogen-bond donors (Lipinski definition) is 0. The molecule has 0 heterocycles. The van der Waals surface area contributed by atoms with Crippen LogP contribution in [0.2, 0.25) is 0 Å². The molecule has 8 heteroatoms. The van der Waals surface area contributed by atoms with Gasteiger partial charge in [-0.25, -0.2) is 4.99 Å². The Bertz CT molecular complexity index is 554. The average molecular weight is 304 g/mol. The summed E-state index contributed by atoms with van der Waals surface area (Å²) in [6.07, 6.45) is -4.82. The number of benzene rings is 1. The monoisotopic (exact) mass is 304 g/mol. The normalized spacial score (nSPS) is 12.6. The highest BCUT2D eigenvalue weighted by molar-refractivity contribution is 5.81. The molecule has 5 nitrogen and oxygen atoms in total. The third-order valence-corrected chi connectivity index (χ3v) is 2.51. The second kappa shape index (κ2) is 6.55. The van der Waals surface area contributed by atoms with Gasteiger partial charge in [0.05, 0.1) is 17.2 Å². The van der Waals surface area contributed by atoms with Crippen molar-refractivity contribution in [2.24, 2.45) is 10.9 Å². The Labute approximate surface area is 119 Å². The van der Waals surface area contributed by atoms with Crippen LogP contribution in [0.1, 0.15) is 26.3 Å². The maximum atomic E-state index is 12.8. The van der Waals surface area contributed by atoms with Crippen LogP contribution in [0, 0.1) is 16.0 Å². The Hall–Kier alpha value is -2.12. The third kappa shape index (κ3) is 4.44. The highest BCUT2D eigenvalue weighted by atomic mass is 19.4. The number of halogens is 3. The summed E-state index contributed by atoms with van der Waals surface area (Å²) in [6.45, 7) is 5.63. The minimum atomic E-state index is -4.82. The van der Waals surface area contributed by atoms with Crippen LogP contribution in [-0.4, -0.2) is 17.4 Å². The first-order valence-electron chi connectivity index (χ1n) is 6.23. The predicted octanol–water partition coefficient (Wildman–Crippen LogP) is 4.34. The van der Waals surface area contributed by atoms with Crippen molar-refractivity contribution in [2.75, 3.05) is 6.61 Å². The van der Waals surface area contributed by atoms with E-state index >= 15 is 0 Å². The van der Waals surface area contributed by atoms with Crippen LogP contribution in [0.25, 0.3) is 0 Å². The van der Waals surface area contributed by atoms with Gasteiger partial charge in [-0.1, -0.05) is 13.8 Å². The molecule has 0 fully saturated rings. The average Bonchev–Trinajstić information content (AvgIpc) is 2.36. The van der Waals surface area contributed by atoms with Gasteiger partial charge in [0.15, 0.2) is 5.90 Å². The van der Waals surface area contributed by atoms with Gasteiger partial charge in [0.25, 0.3) is 5.69 Å². The summed E-state index contributed by atoms with van der Waals surface area (Å²) < 4.78 is 43.8. The molecule has 116 valence electrons. The van der Waals surface area contributed by atoms with E-state index in [0.29, 0.717) is 12.7 Å². The van der Waals surface area contributed by atoms with Crippen molar-refractivity contribution in [3.63, 3.8) is 0 Å². The number of alkyl halides is 3. The van der Waals surface area contributed by atoms with Crippen molar-refractivity contribution in [1.82, 2.24) is 0 Å². The van der Waals surface area contributed by atoms with Gasteiger partial charge in [-0.2, -0.15) is 13.2 Å². The number of nitro benzene ring substituents is 1. The van der Waals surface area contributed by atoms with Crippen molar-refractivity contribution in [3.05, 3.63) is 33.9 Å². The molecular formula is C13H15F3N2O3. The predicted molar refractivity (Wildman–Crippen MR) is 71.7 cm³/mol. The fraction of sp³-hybridized carbons (Fsp3) is 0.462. The van der Waals surface area contributed by atoms with Crippen LogP contribution >= 0.6 is 0 Å². The SMILES string of the molecule is CCO/C(=N\c1ccc([N+](=O)[O-])c(C(F)(F)F)c1)C(C)C. The van der Waals surface area contributed by atoms with Crippen molar-refractivity contribution in [3.8, 4) is 0 Å². The molecule has 0 aliphatic heterocycles. The van der Waals surface area contributed by atoms with E-state index in [0.717, 1.165) is 12.1 Å². The molecule has 0 saturated heterocycles. The van der Waals surface area contributed by atoms with Crippen LogP contribution in [-0.2, 0) is 10.9 Å². The molecule has 1 aromatic rings. The molecule has 1 rings (SSSR count). The van der Waals surface area contributed by atoms with E-state index in [9.17, 15) is 23.3 Å². The Morgan fingerprint density at radius 1 is 1.43 bits per heavy atom. The second-order valence-electron chi connectivity index (χ2n) is 4.49. The first-order chi connectivity index (χ1) is 9.66. The van der Waals surface area contributed by atoms with E-state index in [2.05, 4.69) is 4.99 Å². The Kier molecular flexibility index (Phi) is 5.28. The van der Waals surface area contributed by atoms with Gasteiger partial charge in [0.1, 0.15) is 5.56 Å². The number of aliphatic imine (C=N–C) groups is 1. The van der Waals surface area contributed by atoms with E-state index in [-0.39, 0.29) is 17.5 Å². The smallest absolute Gasteiger partial charge is 0.423 e. The largest absolute Gasteiger partial charge is 0.481 e. The molecule has 21 heavy (non-hydrogen) atoms. The van der Waals surface area contributed by atoms with Gasteiger partial charge in [-0.3, -0.25) is 10.1 Å². The summed E-state index contributed by atoms with van der Waals surface area (Å²) in [5.41, 5.74) is -2.36. The van der Waals surface area contributed by atoms with Crippen LogP contribution < -0.4 is 0 Å². The molecule has 1 aromatic carbocycles. The Morgan fingerprint density at radius 3 is 2.48 bits per heavy atom. The molecule has 0 aliphatic carbocycles. The topological polar surface area (TPSA) is 64.7 Å². The molecule has 0 N–H and O–H groups in total. The van der Waals surface area contributed by atoms with E-state index in [1.807, 2.05) is 0 Å². The molecule has 0 spiro atoms. The zero-order valence-electron chi connectivity index (χ0n) is 11.8. The third-order valence-electron chi connectivity index (χ3n) is 2.51. The van der Waals surface area contributed by atoms with Gasteiger partial charge in [0, 0.05) is 12.0 Å². The Balaban J connectivity index is 3.34. The van der Waals surface area contributed by atoms with Crippen molar-refractivity contribution < 1.29 is 22.8 Å². The maximum Gasteiger partial charge on any atom is 0.423 e. The highest BCUT2D eigenvalue weighted by Gasteiger charge is 2.38. The molecule has 0 bridgehead atoms. The first kappa shape index (κ1) is 16.9. The molecule has 0 saturated carbocycles. The fourth-order valence-corrected chi connectivity index (χ4v) is 1.58. The lowest BCUT2D eigenvalue weighted by atomic mass is 10.1. The summed E-state index contributed by atoms with van der Waals surface area (Å²) >= 11 is 0. The molecule has 0 atom stereocenters. The summed E-state index contributed by atoms with van der Waals surface area (Å²) in [7, 11) is 0. The zero-order chi connectivity index (χ0) is 16.2. The summed E-state index contributed by atoms with van der Waals surface area (Å²) in [4.78, 5) is 13.6. The molecule has 0 aromatic heterocycles. The van der Waals surface area contributed by atoms with Gasteiger partial charge < -0.3 is 4.74 Å². The lowest BCUT2D eigenvalue weighted by molar-refractivity contribution is -0.388. The molecule has 0 radical (unpaired) electrons. The van der Waals surface area contributed by atoms with Crippen LogP contribution in [0.5, 0.6) is 0 Å². The number of rotatable bonds is 4.